The lowest BCUT2D eigenvalue weighted by Gasteiger charge is -2.66. The zero-order valence-electron chi connectivity index (χ0n) is 11.6. The van der Waals surface area contributed by atoms with Gasteiger partial charge in [0.2, 0.25) is 0 Å². The fourth-order valence-electron chi connectivity index (χ4n) is 4.12. The predicted molar refractivity (Wildman–Crippen MR) is 74.5 cm³/mol. The van der Waals surface area contributed by atoms with Crippen LogP contribution in [0.25, 0.3) is 0 Å². The molecule has 1 aromatic carbocycles. The third-order valence-corrected chi connectivity index (χ3v) is 7.60. The second-order valence-electron chi connectivity index (χ2n) is 6.30. The Morgan fingerprint density at radius 3 is 2.42 bits per heavy atom. The van der Waals surface area contributed by atoms with Crippen molar-refractivity contribution >= 4 is 13.2 Å². The molecule has 102 valence electrons. The van der Waals surface area contributed by atoms with E-state index in [0.717, 1.165) is 12.8 Å². The van der Waals surface area contributed by atoms with Crippen molar-refractivity contribution in [1.29, 1.82) is 0 Å². The molecule has 1 aromatic rings. The highest BCUT2D eigenvalue weighted by Gasteiger charge is 2.67. The van der Waals surface area contributed by atoms with Gasteiger partial charge in [-0.1, -0.05) is 30.3 Å². The Morgan fingerprint density at radius 2 is 1.79 bits per heavy atom. The SMILES string of the molecule is CC12CC3(C)OC(CC(C)(O1)P3c1ccccc1)O2. The summed E-state index contributed by atoms with van der Waals surface area (Å²) in [5.41, 5.74) is 0. The average Bonchev–Trinajstić information content (AvgIpc) is 2.24. The van der Waals surface area contributed by atoms with Crippen molar-refractivity contribution in [3.05, 3.63) is 30.3 Å². The van der Waals surface area contributed by atoms with Crippen molar-refractivity contribution in [2.24, 2.45) is 0 Å². The van der Waals surface area contributed by atoms with Crippen molar-refractivity contribution in [1.82, 2.24) is 0 Å². The van der Waals surface area contributed by atoms with Crippen LogP contribution in [0.4, 0.5) is 0 Å². The Hall–Kier alpha value is -0.470. The van der Waals surface area contributed by atoms with E-state index in [9.17, 15) is 0 Å². The summed E-state index contributed by atoms with van der Waals surface area (Å²) in [7, 11) is -0.521. The molecule has 0 aliphatic carbocycles. The van der Waals surface area contributed by atoms with Crippen LogP contribution < -0.4 is 5.30 Å². The zero-order valence-corrected chi connectivity index (χ0v) is 12.4. The first-order valence-corrected chi connectivity index (χ1v) is 8.18. The topological polar surface area (TPSA) is 27.7 Å². The van der Waals surface area contributed by atoms with Crippen LogP contribution in [-0.4, -0.2) is 22.8 Å². The highest BCUT2D eigenvalue weighted by molar-refractivity contribution is 7.68. The second kappa shape index (κ2) is 3.59. The molecule has 5 atom stereocenters. The lowest BCUT2D eigenvalue weighted by Crippen LogP contribution is -2.68. The molecular weight excluding hydrogens is 259 g/mol. The van der Waals surface area contributed by atoms with Crippen molar-refractivity contribution in [3.8, 4) is 0 Å². The molecule has 0 radical (unpaired) electrons. The molecule has 0 spiro atoms. The van der Waals surface area contributed by atoms with Gasteiger partial charge < -0.3 is 14.2 Å². The van der Waals surface area contributed by atoms with Crippen LogP contribution >= 0.6 is 7.92 Å². The summed E-state index contributed by atoms with van der Waals surface area (Å²) in [6.07, 6.45) is 1.54. The van der Waals surface area contributed by atoms with Gasteiger partial charge in [0.05, 0.1) is 10.7 Å². The Bertz CT molecular complexity index is 497. The molecule has 4 aliphatic heterocycles. The van der Waals surface area contributed by atoms with E-state index in [0.29, 0.717) is 0 Å². The Morgan fingerprint density at radius 1 is 1.05 bits per heavy atom. The molecule has 4 bridgehead atoms. The Balaban J connectivity index is 1.84. The van der Waals surface area contributed by atoms with Gasteiger partial charge in [-0.05, 0) is 34.0 Å². The molecule has 4 fully saturated rings. The van der Waals surface area contributed by atoms with Crippen LogP contribution in [0.2, 0.25) is 0 Å². The van der Waals surface area contributed by atoms with Gasteiger partial charge >= 0.3 is 0 Å². The van der Waals surface area contributed by atoms with E-state index < -0.39 is 13.7 Å². The van der Waals surface area contributed by atoms with E-state index in [4.69, 9.17) is 14.2 Å². The first kappa shape index (κ1) is 12.3. The van der Waals surface area contributed by atoms with Gasteiger partial charge in [0, 0.05) is 12.8 Å². The summed E-state index contributed by atoms with van der Waals surface area (Å²) in [5.74, 6) is -0.474. The molecule has 5 rings (SSSR count). The monoisotopic (exact) mass is 278 g/mol. The average molecular weight is 278 g/mol. The van der Waals surface area contributed by atoms with Gasteiger partial charge in [-0.25, -0.2) is 0 Å². The lowest BCUT2D eigenvalue weighted by molar-refractivity contribution is -0.427. The number of ether oxygens (including phenoxy) is 3. The Labute approximate surface area is 115 Å². The summed E-state index contributed by atoms with van der Waals surface area (Å²) in [4.78, 5) is 0. The van der Waals surface area contributed by atoms with Crippen LogP contribution in [0.3, 0.4) is 0 Å². The highest BCUT2D eigenvalue weighted by atomic mass is 31.1. The Kier molecular flexibility index (Phi) is 2.32. The maximum Gasteiger partial charge on any atom is 0.173 e. The molecule has 5 unspecified atom stereocenters. The van der Waals surface area contributed by atoms with E-state index in [1.54, 1.807) is 0 Å². The predicted octanol–water partition coefficient (Wildman–Crippen LogP) is 3.14. The number of hydrogen-bond donors (Lipinski definition) is 0. The minimum absolute atomic E-state index is 0.107. The smallest absolute Gasteiger partial charge is 0.173 e. The van der Waals surface area contributed by atoms with Gasteiger partial charge in [-0.15, -0.1) is 0 Å². The first-order chi connectivity index (χ1) is 8.93. The highest BCUT2D eigenvalue weighted by Crippen LogP contribution is 2.73. The summed E-state index contributed by atoms with van der Waals surface area (Å²) in [5, 5.41) is 1.09. The fourth-order valence-corrected chi connectivity index (χ4v) is 7.96. The van der Waals surface area contributed by atoms with Gasteiger partial charge in [0.1, 0.15) is 0 Å². The first-order valence-electron chi connectivity index (χ1n) is 6.84. The molecule has 4 heteroatoms. The van der Waals surface area contributed by atoms with E-state index in [1.165, 1.54) is 5.30 Å². The molecule has 0 amide bonds. The minimum atomic E-state index is -0.521. The minimum Gasteiger partial charge on any atom is -0.341 e. The molecule has 4 aliphatic rings. The largest absolute Gasteiger partial charge is 0.341 e. The van der Waals surface area contributed by atoms with Crippen LogP contribution in [0.5, 0.6) is 0 Å². The van der Waals surface area contributed by atoms with Crippen LogP contribution in [0, 0.1) is 0 Å². The van der Waals surface area contributed by atoms with E-state index >= 15 is 0 Å². The normalized spacial score (nSPS) is 51.5. The maximum absolute atomic E-state index is 6.36. The van der Waals surface area contributed by atoms with E-state index in [2.05, 4.69) is 51.1 Å². The third-order valence-electron chi connectivity index (χ3n) is 4.36. The van der Waals surface area contributed by atoms with Crippen molar-refractivity contribution in [2.75, 3.05) is 0 Å². The summed E-state index contributed by atoms with van der Waals surface area (Å²) < 4.78 is 18.5. The van der Waals surface area contributed by atoms with Crippen LogP contribution in [0.15, 0.2) is 30.3 Å². The van der Waals surface area contributed by atoms with Crippen LogP contribution in [-0.2, 0) is 14.2 Å². The fraction of sp³-hybridized carbons (Fsp3) is 0.600. The molecule has 19 heavy (non-hydrogen) atoms. The van der Waals surface area contributed by atoms with Crippen molar-refractivity contribution in [2.45, 2.75) is 56.4 Å². The number of rotatable bonds is 1. The second-order valence-corrected chi connectivity index (χ2v) is 9.38. The zero-order chi connectivity index (χ0) is 13.3. The third kappa shape index (κ3) is 1.66. The van der Waals surface area contributed by atoms with E-state index in [1.807, 2.05) is 0 Å². The summed E-state index contributed by atoms with van der Waals surface area (Å²) >= 11 is 0. The summed E-state index contributed by atoms with van der Waals surface area (Å²) in [6, 6.07) is 10.7. The van der Waals surface area contributed by atoms with Gasteiger partial charge in [0.15, 0.2) is 12.1 Å². The van der Waals surface area contributed by atoms with Gasteiger partial charge in [-0.2, -0.15) is 0 Å². The van der Waals surface area contributed by atoms with Crippen LogP contribution in [0.1, 0.15) is 33.6 Å². The van der Waals surface area contributed by atoms with E-state index in [-0.39, 0.29) is 17.0 Å². The molecule has 0 N–H and O–H groups in total. The molecule has 0 saturated carbocycles. The van der Waals surface area contributed by atoms with Crippen molar-refractivity contribution < 1.29 is 14.2 Å². The maximum atomic E-state index is 6.36. The van der Waals surface area contributed by atoms with Gasteiger partial charge in [-0.3, -0.25) is 0 Å². The molecule has 4 heterocycles. The number of hydrogen-bond acceptors (Lipinski definition) is 3. The molecule has 0 aromatic heterocycles. The summed E-state index contributed by atoms with van der Waals surface area (Å²) in [6.45, 7) is 6.52. The number of benzene rings is 1. The van der Waals surface area contributed by atoms with Crippen molar-refractivity contribution in [3.63, 3.8) is 0 Å². The standard InChI is InChI=1S/C15H19O3P/c1-13-10-15(3)17-12(16-13)9-14(2,18-13)19(15)11-7-5-4-6-8-11/h4-8,12H,9-10H2,1-3H3. The molecule has 4 saturated heterocycles. The molecular formula is C15H19O3P. The quantitative estimate of drug-likeness (QED) is 0.739. The molecule has 3 nitrogen and oxygen atoms in total. The van der Waals surface area contributed by atoms with Gasteiger partial charge in [0.25, 0.3) is 0 Å². The lowest BCUT2D eigenvalue weighted by atomic mass is 10.0.